The third kappa shape index (κ3) is 2.78. The van der Waals surface area contributed by atoms with Crippen LogP contribution in [-0.4, -0.2) is 35.4 Å². The van der Waals surface area contributed by atoms with Gasteiger partial charge in [-0.05, 0) is 0 Å². The second-order valence-corrected chi connectivity index (χ2v) is 3.72. The fourth-order valence-electron chi connectivity index (χ4n) is 0.652. The zero-order chi connectivity index (χ0) is 9.56. The molecule has 0 amide bonds. The first-order chi connectivity index (χ1) is 5.71. The Morgan fingerprint density at radius 1 is 1.17 bits per heavy atom. The minimum absolute atomic E-state index is 0.101. The first-order valence-electron chi connectivity index (χ1n) is 3.21. The number of carbonyl (C=O) groups excluding carboxylic acids is 1. The highest BCUT2D eigenvalue weighted by Gasteiger charge is 2.16. The number of rotatable bonds is 5. The first kappa shape index (κ1) is 11.4. The maximum atomic E-state index is 11.1. The predicted octanol–water partition coefficient (Wildman–Crippen LogP) is -0.365. The summed E-state index contributed by atoms with van der Waals surface area (Å²) < 4.78 is 14.4. The van der Waals surface area contributed by atoms with Crippen LogP contribution in [0.3, 0.4) is 0 Å². The van der Waals surface area contributed by atoms with Crippen LogP contribution in [0.5, 0.6) is 0 Å². The first-order valence-corrected chi connectivity index (χ1v) is 6.45. The Hall–Kier alpha value is -0.623. The molecule has 0 bridgehead atoms. The van der Waals surface area contributed by atoms with E-state index in [9.17, 15) is 4.79 Å². The van der Waals surface area contributed by atoms with Gasteiger partial charge in [0.05, 0.1) is 21.3 Å². The van der Waals surface area contributed by atoms with Gasteiger partial charge >= 0.3 is 5.95 Å². The van der Waals surface area contributed by atoms with Crippen LogP contribution in [0.4, 0.5) is 0 Å². The van der Waals surface area contributed by atoms with Crippen LogP contribution in [0, 0.1) is 0 Å². The van der Waals surface area contributed by atoms with E-state index in [0.29, 0.717) is 0 Å². The summed E-state index contributed by atoms with van der Waals surface area (Å²) in [6.07, 6.45) is 0. The number of hydrogen-bond donors (Lipinski definition) is 1. The fraction of sp³-hybridized carbons (Fsp3) is 0.500. The van der Waals surface area contributed by atoms with Crippen molar-refractivity contribution in [2.75, 3.05) is 21.3 Å². The van der Waals surface area contributed by atoms with Crippen LogP contribution < -0.4 is 0 Å². The average molecular weight is 208 g/mol. The Bertz CT molecular complexity index is 186. The number of thiol groups is 1. The van der Waals surface area contributed by atoms with Crippen LogP contribution in [0.25, 0.3) is 0 Å². The van der Waals surface area contributed by atoms with E-state index in [2.05, 4.69) is 12.1 Å². The molecular formula is C6H12O4SSi. The van der Waals surface area contributed by atoms with Crippen molar-refractivity contribution in [1.82, 2.24) is 0 Å². The van der Waals surface area contributed by atoms with Crippen molar-refractivity contribution in [2.45, 2.75) is 0 Å². The lowest BCUT2D eigenvalue weighted by Gasteiger charge is -2.08. The van der Waals surface area contributed by atoms with Gasteiger partial charge in [-0.15, -0.1) is 0 Å². The molecule has 0 rings (SSSR count). The van der Waals surface area contributed by atoms with E-state index in [4.69, 9.17) is 14.2 Å². The van der Waals surface area contributed by atoms with Gasteiger partial charge < -0.3 is 14.2 Å². The third-order valence-corrected chi connectivity index (χ3v) is 2.63. The number of carbonyl (C=O) groups is 1. The van der Waals surface area contributed by atoms with E-state index in [0.717, 1.165) is 0 Å². The van der Waals surface area contributed by atoms with Gasteiger partial charge in [0.1, 0.15) is 0 Å². The van der Waals surface area contributed by atoms with Gasteiger partial charge in [0.2, 0.25) is 5.76 Å². The largest absolute Gasteiger partial charge is 0.488 e. The summed E-state index contributed by atoms with van der Waals surface area (Å²) in [4.78, 5) is 11.1. The molecule has 0 aliphatic carbocycles. The smallest absolute Gasteiger partial charge is 0.326 e. The zero-order valence-electron chi connectivity index (χ0n) is 7.29. The molecule has 0 N–H and O–H groups in total. The van der Waals surface area contributed by atoms with E-state index < -0.39 is 8.67 Å². The van der Waals surface area contributed by atoms with Crippen LogP contribution in [0.1, 0.15) is 0 Å². The van der Waals surface area contributed by atoms with Crippen molar-refractivity contribution >= 4 is 26.2 Å². The topological polar surface area (TPSA) is 44.8 Å². The molecule has 0 spiro atoms. The summed E-state index contributed by atoms with van der Waals surface area (Å²) >= 11 is 3.95. The maximum Gasteiger partial charge on any atom is 0.326 e. The zero-order valence-corrected chi connectivity index (χ0v) is 9.60. The predicted molar refractivity (Wildman–Crippen MR) is 50.6 cm³/mol. The van der Waals surface area contributed by atoms with Crippen LogP contribution >= 0.6 is 12.1 Å². The number of allylic oxidation sites excluding steroid dienone is 1. The van der Waals surface area contributed by atoms with Crippen molar-refractivity contribution in [1.29, 1.82) is 0 Å². The summed E-state index contributed by atoms with van der Waals surface area (Å²) in [5.74, 6) is 0.214. The summed E-state index contributed by atoms with van der Waals surface area (Å²) in [7, 11) is 3.14. The van der Waals surface area contributed by atoms with E-state index in [1.807, 2.05) is 0 Å². The molecule has 0 aliphatic heterocycles. The molecule has 0 unspecified atom stereocenters. The van der Waals surface area contributed by atoms with Gasteiger partial charge in [-0.25, -0.2) is 0 Å². The number of hydrogen-bond acceptors (Lipinski definition) is 5. The lowest BCUT2D eigenvalue weighted by molar-refractivity contribution is -0.112. The van der Waals surface area contributed by atoms with E-state index in [1.165, 1.54) is 21.3 Å². The third-order valence-electron chi connectivity index (χ3n) is 1.16. The molecule has 0 saturated heterocycles. The van der Waals surface area contributed by atoms with E-state index in [1.54, 1.807) is 0 Å². The minimum Gasteiger partial charge on any atom is -0.488 e. The van der Waals surface area contributed by atoms with Gasteiger partial charge in [-0.2, -0.15) is 12.1 Å². The van der Waals surface area contributed by atoms with Crippen molar-refractivity contribution in [3.05, 3.63) is 11.7 Å². The highest BCUT2D eigenvalue weighted by molar-refractivity contribution is 8.10. The fourth-order valence-corrected chi connectivity index (χ4v) is 1.51. The molecule has 0 heterocycles. The van der Waals surface area contributed by atoms with Crippen molar-refractivity contribution in [3.8, 4) is 0 Å². The molecule has 0 aromatic rings. The Morgan fingerprint density at radius 2 is 1.67 bits per heavy atom. The van der Waals surface area contributed by atoms with Crippen molar-refractivity contribution < 1.29 is 19.0 Å². The quantitative estimate of drug-likeness (QED) is 0.290. The molecular weight excluding hydrogens is 196 g/mol. The molecule has 0 aromatic carbocycles. The highest BCUT2D eigenvalue weighted by atomic mass is 32.3. The molecule has 0 saturated carbocycles. The summed E-state index contributed by atoms with van der Waals surface area (Å²) in [6.45, 7) is 0. The van der Waals surface area contributed by atoms with E-state index >= 15 is 0 Å². The van der Waals surface area contributed by atoms with Crippen molar-refractivity contribution in [2.24, 2.45) is 0 Å². The normalized spacial score (nSPS) is 9.67. The Morgan fingerprint density at radius 3 is 1.92 bits per heavy atom. The average Bonchev–Trinajstić information content (AvgIpc) is 2.12. The van der Waals surface area contributed by atoms with E-state index in [-0.39, 0.29) is 17.1 Å². The van der Waals surface area contributed by atoms with Gasteiger partial charge in [-0.3, -0.25) is 4.79 Å². The summed E-state index contributed by atoms with van der Waals surface area (Å²) in [5, 5.41) is -0.139. The molecule has 6 heteroatoms. The molecule has 0 radical (unpaired) electrons. The minimum atomic E-state index is -1.07. The lowest BCUT2D eigenvalue weighted by atomic mass is 10.6. The Balaban J connectivity index is 4.68. The number of ether oxygens (including phenoxy) is 3. The van der Waals surface area contributed by atoms with Gasteiger partial charge in [-0.1, -0.05) is 0 Å². The molecule has 4 nitrogen and oxygen atoms in total. The van der Waals surface area contributed by atoms with Crippen molar-refractivity contribution in [3.63, 3.8) is 0 Å². The maximum absolute atomic E-state index is 11.1. The van der Waals surface area contributed by atoms with Crippen LogP contribution in [0.2, 0.25) is 0 Å². The standard InChI is InChI=1S/C6H12O4SSi/c1-8-4(5(7)12-11)6(9-2)10-3/h11H,12H2,1-3H3. The Labute approximate surface area is 78.7 Å². The summed E-state index contributed by atoms with van der Waals surface area (Å²) in [5.41, 5.74) is 0. The SMILES string of the molecule is COC(OC)=C(OC)C(=O)[SiH2]S. The molecule has 0 aromatic heterocycles. The van der Waals surface area contributed by atoms with Gasteiger partial charge in [0.25, 0.3) is 0 Å². The van der Waals surface area contributed by atoms with Crippen LogP contribution in [0.15, 0.2) is 11.7 Å². The second-order valence-electron chi connectivity index (χ2n) is 1.81. The molecule has 12 heavy (non-hydrogen) atoms. The second kappa shape index (κ2) is 5.96. The Kier molecular flexibility index (Phi) is 5.65. The highest BCUT2D eigenvalue weighted by Crippen LogP contribution is 2.08. The lowest BCUT2D eigenvalue weighted by Crippen LogP contribution is -2.13. The summed E-state index contributed by atoms with van der Waals surface area (Å²) in [6, 6.07) is 0. The molecule has 0 atom stereocenters. The molecule has 0 fully saturated rings. The monoisotopic (exact) mass is 208 g/mol. The van der Waals surface area contributed by atoms with Crippen LogP contribution in [-0.2, 0) is 19.0 Å². The van der Waals surface area contributed by atoms with Gasteiger partial charge in [0.15, 0.2) is 14.1 Å². The van der Waals surface area contributed by atoms with Gasteiger partial charge in [0, 0.05) is 0 Å². The molecule has 0 aliphatic rings. The molecule has 70 valence electrons. The number of methoxy groups -OCH3 is 3.